The molecule has 2 bridgehead atoms. The van der Waals surface area contributed by atoms with Crippen molar-refractivity contribution in [1.29, 1.82) is 0 Å². The minimum Gasteiger partial charge on any atom is -0.0878 e. The first-order valence-electron chi connectivity index (χ1n) is 4.56. The molecule has 0 aromatic carbocycles. The molecule has 0 aromatic heterocycles. The molecule has 2 rings (SSSR count). The lowest BCUT2D eigenvalue weighted by Gasteiger charge is -2.16. The molecule has 0 aromatic rings. The fraction of sp³-hybridized carbons (Fsp3) is 0.636. The molecule has 2 aliphatic rings. The lowest BCUT2D eigenvalue weighted by Crippen LogP contribution is -2.01. The summed E-state index contributed by atoms with van der Waals surface area (Å²) in [5.41, 5.74) is 5.04. The highest BCUT2D eigenvalue weighted by molar-refractivity contribution is 5.37. The van der Waals surface area contributed by atoms with Crippen molar-refractivity contribution in [2.75, 3.05) is 0 Å². The van der Waals surface area contributed by atoms with E-state index in [9.17, 15) is 0 Å². The van der Waals surface area contributed by atoms with Crippen molar-refractivity contribution in [1.82, 2.24) is 0 Å². The summed E-state index contributed by atoms with van der Waals surface area (Å²) in [5.74, 6) is 1.75. The van der Waals surface area contributed by atoms with Crippen LogP contribution in [-0.4, -0.2) is 0 Å². The van der Waals surface area contributed by atoms with Crippen LogP contribution in [0.25, 0.3) is 0 Å². The minimum absolute atomic E-state index is 0.838. The molecule has 2 aliphatic carbocycles. The van der Waals surface area contributed by atoms with E-state index < -0.39 is 0 Å². The van der Waals surface area contributed by atoms with Crippen molar-refractivity contribution in [3.8, 4) is 0 Å². The van der Waals surface area contributed by atoms with Crippen LogP contribution in [0.5, 0.6) is 0 Å². The number of allylic oxidation sites excluding steroid dienone is 4. The molecule has 0 aliphatic heterocycles. The first-order chi connectivity index (χ1) is 5.24. The maximum atomic E-state index is 2.32. The van der Waals surface area contributed by atoms with Gasteiger partial charge in [0.2, 0.25) is 0 Å². The standard InChI is InChI=1S/C11H16/c1-4-9-5-10-6-11(9)8(3)7(10)2/h4,10-11H,5-6H2,1-3H3. The lowest BCUT2D eigenvalue weighted by molar-refractivity contribution is 0.661. The molecule has 0 nitrogen and oxygen atoms in total. The largest absolute Gasteiger partial charge is 0.0878 e. The summed E-state index contributed by atoms with van der Waals surface area (Å²) in [6.45, 7) is 6.80. The third-order valence-corrected chi connectivity index (χ3v) is 3.58. The van der Waals surface area contributed by atoms with E-state index in [4.69, 9.17) is 0 Å². The molecular weight excluding hydrogens is 132 g/mol. The maximum absolute atomic E-state index is 2.32. The minimum atomic E-state index is 0.838. The summed E-state index contributed by atoms with van der Waals surface area (Å²) >= 11 is 0. The van der Waals surface area contributed by atoms with E-state index in [-0.39, 0.29) is 0 Å². The molecule has 0 saturated heterocycles. The third kappa shape index (κ3) is 0.817. The van der Waals surface area contributed by atoms with Gasteiger partial charge in [-0.1, -0.05) is 22.8 Å². The third-order valence-electron chi connectivity index (χ3n) is 3.58. The summed E-state index contributed by atoms with van der Waals surface area (Å²) in [6.07, 6.45) is 5.09. The van der Waals surface area contributed by atoms with Crippen molar-refractivity contribution in [3.05, 3.63) is 22.8 Å². The summed E-state index contributed by atoms with van der Waals surface area (Å²) < 4.78 is 0. The average Bonchev–Trinajstić information content (AvgIpc) is 2.53. The SMILES string of the molecule is CC=C1CC2CC1C(C)=C2C. The van der Waals surface area contributed by atoms with Crippen LogP contribution in [0.15, 0.2) is 22.8 Å². The molecule has 60 valence electrons. The number of fused-ring (bicyclic) bond motifs is 2. The van der Waals surface area contributed by atoms with E-state index >= 15 is 0 Å². The van der Waals surface area contributed by atoms with Crippen LogP contribution in [-0.2, 0) is 0 Å². The van der Waals surface area contributed by atoms with Crippen LogP contribution < -0.4 is 0 Å². The van der Waals surface area contributed by atoms with Crippen LogP contribution in [0.1, 0.15) is 33.6 Å². The Bertz CT molecular complexity index is 243. The Morgan fingerprint density at radius 1 is 1.27 bits per heavy atom. The second kappa shape index (κ2) is 2.23. The van der Waals surface area contributed by atoms with Gasteiger partial charge in [0, 0.05) is 5.92 Å². The van der Waals surface area contributed by atoms with Gasteiger partial charge in [-0.05, 0) is 39.5 Å². The molecule has 1 fully saturated rings. The molecule has 0 amide bonds. The zero-order valence-electron chi connectivity index (χ0n) is 7.65. The fourth-order valence-corrected chi connectivity index (χ4v) is 2.65. The number of hydrogen-bond donors (Lipinski definition) is 0. The van der Waals surface area contributed by atoms with Gasteiger partial charge in [-0.25, -0.2) is 0 Å². The van der Waals surface area contributed by atoms with Crippen molar-refractivity contribution < 1.29 is 0 Å². The van der Waals surface area contributed by atoms with Gasteiger partial charge < -0.3 is 0 Å². The topological polar surface area (TPSA) is 0 Å². The van der Waals surface area contributed by atoms with E-state index in [1.165, 1.54) is 12.8 Å². The molecule has 1 saturated carbocycles. The summed E-state index contributed by atoms with van der Waals surface area (Å²) in [5, 5.41) is 0. The second-order valence-electron chi connectivity index (χ2n) is 3.92. The van der Waals surface area contributed by atoms with E-state index in [0.717, 1.165) is 11.8 Å². The first-order valence-corrected chi connectivity index (χ1v) is 4.56. The molecule has 11 heavy (non-hydrogen) atoms. The van der Waals surface area contributed by atoms with E-state index in [2.05, 4.69) is 26.8 Å². The summed E-state index contributed by atoms with van der Waals surface area (Å²) in [7, 11) is 0. The predicted octanol–water partition coefficient (Wildman–Crippen LogP) is 3.31. The van der Waals surface area contributed by atoms with E-state index in [0.29, 0.717) is 0 Å². The van der Waals surface area contributed by atoms with Crippen LogP contribution in [0.2, 0.25) is 0 Å². The van der Waals surface area contributed by atoms with Gasteiger partial charge in [-0.15, -0.1) is 0 Å². The number of rotatable bonds is 0. The molecule has 2 atom stereocenters. The Morgan fingerprint density at radius 3 is 2.45 bits per heavy atom. The Hall–Kier alpha value is -0.520. The quantitative estimate of drug-likeness (QED) is 0.462. The van der Waals surface area contributed by atoms with Gasteiger partial charge in [0.05, 0.1) is 0 Å². The molecule has 0 N–H and O–H groups in total. The smallest absolute Gasteiger partial charge is 0.00128 e. The lowest BCUT2D eigenvalue weighted by atomic mass is 9.89. The highest BCUT2D eigenvalue weighted by Gasteiger charge is 2.37. The highest BCUT2D eigenvalue weighted by Crippen LogP contribution is 2.50. The van der Waals surface area contributed by atoms with E-state index in [1.807, 2.05) is 0 Å². The van der Waals surface area contributed by atoms with Crippen LogP contribution in [0.3, 0.4) is 0 Å². The van der Waals surface area contributed by atoms with Gasteiger partial charge >= 0.3 is 0 Å². The van der Waals surface area contributed by atoms with Gasteiger partial charge in [-0.2, -0.15) is 0 Å². The van der Waals surface area contributed by atoms with Gasteiger partial charge in [0.15, 0.2) is 0 Å². The van der Waals surface area contributed by atoms with Gasteiger partial charge in [-0.3, -0.25) is 0 Å². The van der Waals surface area contributed by atoms with Gasteiger partial charge in [0.25, 0.3) is 0 Å². The fourth-order valence-electron chi connectivity index (χ4n) is 2.65. The molecule has 0 radical (unpaired) electrons. The second-order valence-corrected chi connectivity index (χ2v) is 3.92. The predicted molar refractivity (Wildman–Crippen MR) is 48.3 cm³/mol. The molecule has 0 spiro atoms. The summed E-state index contributed by atoms with van der Waals surface area (Å²) in [4.78, 5) is 0. The van der Waals surface area contributed by atoms with Crippen molar-refractivity contribution in [3.63, 3.8) is 0 Å². The zero-order chi connectivity index (χ0) is 8.01. The Labute approximate surface area is 69.0 Å². The van der Waals surface area contributed by atoms with Gasteiger partial charge in [0.1, 0.15) is 0 Å². The van der Waals surface area contributed by atoms with Crippen molar-refractivity contribution in [2.24, 2.45) is 11.8 Å². The first kappa shape index (κ1) is 7.15. The Kier molecular flexibility index (Phi) is 1.45. The molecular formula is C11H16. The monoisotopic (exact) mass is 148 g/mol. The molecule has 0 heteroatoms. The normalized spacial score (nSPS) is 39.4. The van der Waals surface area contributed by atoms with E-state index in [1.54, 1.807) is 16.7 Å². The van der Waals surface area contributed by atoms with Crippen LogP contribution >= 0.6 is 0 Å². The van der Waals surface area contributed by atoms with Crippen LogP contribution in [0.4, 0.5) is 0 Å². The average molecular weight is 148 g/mol. The Balaban J connectivity index is 2.38. The molecule has 2 unspecified atom stereocenters. The zero-order valence-corrected chi connectivity index (χ0v) is 7.65. The Morgan fingerprint density at radius 2 is 2.00 bits per heavy atom. The summed E-state index contributed by atoms with van der Waals surface area (Å²) in [6, 6.07) is 0. The molecule has 0 heterocycles. The van der Waals surface area contributed by atoms with Crippen molar-refractivity contribution >= 4 is 0 Å². The van der Waals surface area contributed by atoms with Crippen LogP contribution in [0, 0.1) is 11.8 Å². The maximum Gasteiger partial charge on any atom is 0.00128 e. The van der Waals surface area contributed by atoms with Crippen molar-refractivity contribution in [2.45, 2.75) is 33.6 Å². The number of hydrogen-bond acceptors (Lipinski definition) is 0. The highest BCUT2D eigenvalue weighted by atomic mass is 14.4.